The molecule has 0 amide bonds. The van der Waals surface area contributed by atoms with Crippen molar-refractivity contribution in [3.05, 3.63) is 96.7 Å². The molecule has 0 saturated heterocycles. The van der Waals surface area contributed by atoms with E-state index in [0.29, 0.717) is 20.3 Å². The molecule has 4 nitrogen and oxygen atoms in total. The highest BCUT2D eigenvalue weighted by Gasteiger charge is 2.07. The van der Waals surface area contributed by atoms with E-state index in [1.807, 2.05) is 12.1 Å². The van der Waals surface area contributed by atoms with Crippen molar-refractivity contribution in [2.45, 2.75) is 0 Å². The lowest BCUT2D eigenvalue weighted by atomic mass is 10.2. The number of hydrogen-bond acceptors (Lipinski definition) is 5. The van der Waals surface area contributed by atoms with E-state index >= 15 is 0 Å². The summed E-state index contributed by atoms with van der Waals surface area (Å²) in [6.07, 6.45) is 6.23. The van der Waals surface area contributed by atoms with Crippen molar-refractivity contribution < 1.29 is 9.18 Å². The summed E-state index contributed by atoms with van der Waals surface area (Å²) >= 11 is 2.60. The SMILES string of the molecule is O=C(/C=c1/[nH]c(=O)/c(=C/c2ccc(-c3ccccc3F)s2)s1)c1ccncc1. The first-order valence-corrected chi connectivity index (χ1v) is 9.95. The lowest BCUT2D eigenvalue weighted by Crippen LogP contribution is -2.19. The second-order valence-electron chi connectivity index (χ2n) is 5.86. The van der Waals surface area contributed by atoms with Crippen LogP contribution in [0.3, 0.4) is 0 Å². The summed E-state index contributed by atoms with van der Waals surface area (Å²) in [7, 11) is 0. The first-order valence-electron chi connectivity index (χ1n) is 8.32. The predicted molar refractivity (Wildman–Crippen MR) is 111 cm³/mol. The molecule has 0 saturated carbocycles. The van der Waals surface area contributed by atoms with Crippen LogP contribution in [0, 0.1) is 5.82 Å². The van der Waals surface area contributed by atoms with Gasteiger partial charge >= 0.3 is 0 Å². The number of thiophene rings is 1. The number of H-pyrrole nitrogens is 1. The lowest BCUT2D eigenvalue weighted by molar-refractivity contribution is 0.106. The van der Waals surface area contributed by atoms with Gasteiger partial charge in [-0.3, -0.25) is 14.6 Å². The fourth-order valence-corrected chi connectivity index (χ4v) is 4.54. The Morgan fingerprint density at radius 2 is 1.82 bits per heavy atom. The predicted octanol–water partition coefficient (Wildman–Crippen LogP) is 3.19. The summed E-state index contributed by atoms with van der Waals surface area (Å²) in [5.74, 6) is -0.485. The van der Waals surface area contributed by atoms with Gasteiger partial charge in [-0.25, -0.2) is 4.39 Å². The molecule has 3 heterocycles. The second-order valence-corrected chi connectivity index (χ2v) is 8.05. The molecule has 138 valence electrons. The van der Waals surface area contributed by atoms with Crippen molar-refractivity contribution in [3.63, 3.8) is 0 Å². The van der Waals surface area contributed by atoms with E-state index in [0.717, 1.165) is 9.75 Å². The van der Waals surface area contributed by atoms with E-state index in [4.69, 9.17) is 0 Å². The number of rotatable bonds is 4. The number of aromatic nitrogens is 2. The van der Waals surface area contributed by atoms with Crippen LogP contribution >= 0.6 is 22.7 Å². The van der Waals surface area contributed by atoms with Crippen molar-refractivity contribution in [1.29, 1.82) is 0 Å². The average molecular weight is 408 g/mol. The molecule has 0 fully saturated rings. The van der Waals surface area contributed by atoms with Crippen LogP contribution in [-0.2, 0) is 0 Å². The Bertz CT molecular complexity index is 1320. The molecular formula is C21H13FN2O2S2. The van der Waals surface area contributed by atoms with Gasteiger partial charge < -0.3 is 4.98 Å². The maximum atomic E-state index is 13.9. The van der Waals surface area contributed by atoms with Gasteiger partial charge in [-0.05, 0) is 36.4 Å². The van der Waals surface area contributed by atoms with Crippen molar-refractivity contribution in [2.75, 3.05) is 0 Å². The summed E-state index contributed by atoms with van der Waals surface area (Å²) in [6.45, 7) is 0. The minimum absolute atomic E-state index is 0.204. The molecule has 7 heteroatoms. The van der Waals surface area contributed by atoms with Crippen molar-refractivity contribution in [3.8, 4) is 10.4 Å². The molecule has 0 aliphatic rings. The Labute approximate surface area is 167 Å². The van der Waals surface area contributed by atoms with Crippen LogP contribution in [-0.4, -0.2) is 15.8 Å². The molecule has 0 bridgehead atoms. The minimum atomic E-state index is -0.281. The molecular weight excluding hydrogens is 395 g/mol. The molecule has 1 aromatic carbocycles. The number of halogens is 1. The fraction of sp³-hybridized carbons (Fsp3) is 0. The zero-order valence-corrected chi connectivity index (χ0v) is 16.0. The Balaban J connectivity index is 1.67. The van der Waals surface area contributed by atoms with Crippen LogP contribution in [0.25, 0.3) is 22.6 Å². The number of nitrogens with one attached hydrogen (secondary N) is 1. The van der Waals surface area contributed by atoms with E-state index < -0.39 is 0 Å². The van der Waals surface area contributed by atoms with E-state index in [1.165, 1.54) is 34.8 Å². The van der Waals surface area contributed by atoms with Crippen molar-refractivity contribution in [2.24, 2.45) is 0 Å². The molecule has 1 N–H and O–H groups in total. The summed E-state index contributed by atoms with van der Waals surface area (Å²) in [6, 6.07) is 13.5. The van der Waals surface area contributed by atoms with Gasteiger partial charge in [0, 0.05) is 39.4 Å². The quantitative estimate of drug-likeness (QED) is 0.528. The summed E-state index contributed by atoms with van der Waals surface area (Å²) in [5, 5.41) is 0. The molecule has 28 heavy (non-hydrogen) atoms. The topological polar surface area (TPSA) is 62.8 Å². The first-order chi connectivity index (χ1) is 13.6. The number of hydrogen-bond donors (Lipinski definition) is 1. The molecule has 0 spiro atoms. The highest BCUT2D eigenvalue weighted by molar-refractivity contribution is 7.16. The van der Waals surface area contributed by atoms with Crippen LogP contribution in [0.2, 0.25) is 0 Å². The maximum absolute atomic E-state index is 13.9. The Kier molecular flexibility index (Phi) is 5.10. The van der Waals surface area contributed by atoms with Crippen LogP contribution in [0.1, 0.15) is 15.2 Å². The molecule has 4 rings (SSSR count). The molecule has 0 atom stereocenters. The second kappa shape index (κ2) is 7.84. The summed E-state index contributed by atoms with van der Waals surface area (Å²) in [5.41, 5.74) is 0.770. The lowest BCUT2D eigenvalue weighted by Gasteiger charge is -1.97. The van der Waals surface area contributed by atoms with Gasteiger partial charge in [-0.2, -0.15) is 0 Å². The highest BCUT2D eigenvalue weighted by Crippen LogP contribution is 2.30. The number of pyridine rings is 1. The van der Waals surface area contributed by atoms with Crippen LogP contribution in [0.4, 0.5) is 4.39 Å². The van der Waals surface area contributed by atoms with Crippen molar-refractivity contribution in [1.82, 2.24) is 9.97 Å². The maximum Gasteiger partial charge on any atom is 0.266 e. The molecule has 0 unspecified atom stereocenters. The van der Waals surface area contributed by atoms with Gasteiger partial charge in [0.2, 0.25) is 0 Å². The van der Waals surface area contributed by atoms with E-state index in [-0.39, 0.29) is 17.2 Å². The molecule has 0 aliphatic carbocycles. The number of ketones is 1. The van der Waals surface area contributed by atoms with Crippen LogP contribution < -0.4 is 14.8 Å². The number of Topliss-reactive ketones (excluding diaryl/α,β-unsaturated/α-hetero) is 1. The smallest absolute Gasteiger partial charge is 0.266 e. The van der Waals surface area contributed by atoms with Gasteiger partial charge in [0.15, 0.2) is 5.78 Å². The number of carbonyl (C=O) groups excluding carboxylic acids is 1. The number of nitrogens with zero attached hydrogens (tertiary/aromatic N) is 1. The normalized spacial score (nSPS) is 12.5. The van der Waals surface area contributed by atoms with E-state index in [9.17, 15) is 14.0 Å². The molecule has 0 radical (unpaired) electrons. The van der Waals surface area contributed by atoms with Gasteiger partial charge in [0.25, 0.3) is 5.56 Å². The first kappa shape index (κ1) is 18.2. The van der Waals surface area contributed by atoms with Gasteiger partial charge in [-0.15, -0.1) is 22.7 Å². The summed E-state index contributed by atoms with van der Waals surface area (Å²) < 4.78 is 14.9. The zero-order valence-electron chi connectivity index (χ0n) is 14.4. The number of carbonyl (C=O) groups is 1. The Morgan fingerprint density at radius 3 is 2.61 bits per heavy atom. The van der Waals surface area contributed by atoms with E-state index in [1.54, 1.807) is 48.8 Å². The van der Waals surface area contributed by atoms with Crippen molar-refractivity contribution >= 4 is 40.6 Å². The molecule has 0 aliphatic heterocycles. The standard InChI is InChI=1S/C21H13FN2O2S2/c22-16-4-2-1-3-15(16)18-6-5-14(27-18)11-19-21(26)24-20(28-19)12-17(25)13-7-9-23-10-8-13/h1-12H,(H,24,26)/b19-11-,20-12-. The zero-order chi connectivity index (χ0) is 19.5. The van der Waals surface area contributed by atoms with Gasteiger partial charge in [0.05, 0.1) is 9.20 Å². The fourth-order valence-electron chi connectivity index (χ4n) is 2.61. The minimum Gasteiger partial charge on any atom is -0.313 e. The average Bonchev–Trinajstić information content (AvgIpc) is 3.30. The molecule has 3 aromatic heterocycles. The highest BCUT2D eigenvalue weighted by atomic mass is 32.1. The molecule has 4 aromatic rings. The third-order valence-electron chi connectivity index (χ3n) is 3.95. The third kappa shape index (κ3) is 3.90. The largest absolute Gasteiger partial charge is 0.313 e. The van der Waals surface area contributed by atoms with E-state index in [2.05, 4.69) is 9.97 Å². The number of aromatic amines is 1. The monoisotopic (exact) mass is 408 g/mol. The summed E-state index contributed by atoms with van der Waals surface area (Å²) in [4.78, 5) is 32.7. The Morgan fingerprint density at radius 1 is 1.04 bits per heavy atom. The van der Waals surface area contributed by atoms with Crippen LogP contribution in [0.15, 0.2) is 65.7 Å². The number of thiazole rings is 1. The Hall–Kier alpha value is -3.16. The van der Waals surface area contributed by atoms with Crippen LogP contribution in [0.5, 0.6) is 0 Å². The van der Waals surface area contributed by atoms with Gasteiger partial charge in [0.1, 0.15) is 5.82 Å². The number of benzene rings is 1. The van der Waals surface area contributed by atoms with Gasteiger partial charge in [-0.1, -0.05) is 18.2 Å². The third-order valence-corrected chi connectivity index (χ3v) is 5.98.